The van der Waals surface area contributed by atoms with Crippen molar-refractivity contribution in [2.45, 2.75) is 26.3 Å². The van der Waals surface area contributed by atoms with Gasteiger partial charge in [0.1, 0.15) is 6.54 Å². The van der Waals surface area contributed by atoms with Gasteiger partial charge in [-0.25, -0.2) is 4.79 Å². The van der Waals surface area contributed by atoms with E-state index in [0.717, 1.165) is 18.5 Å². The van der Waals surface area contributed by atoms with E-state index in [1.807, 2.05) is 29.9 Å². The smallest absolute Gasteiger partial charge is 0.319 e. The quantitative estimate of drug-likeness (QED) is 0.645. The Bertz CT molecular complexity index is 542. The highest BCUT2D eigenvalue weighted by molar-refractivity contribution is 5.84. The molecule has 7 heteroatoms. The Kier molecular flexibility index (Phi) is 9.05. The molecule has 0 aromatic carbocycles. The number of hydrogen-bond donors (Lipinski definition) is 0. The molecule has 0 bridgehead atoms. The second kappa shape index (κ2) is 10.8. The molecule has 25 heavy (non-hydrogen) atoms. The molecule has 0 fully saturated rings. The van der Waals surface area contributed by atoms with Crippen LogP contribution in [0.2, 0.25) is 0 Å². The van der Waals surface area contributed by atoms with E-state index in [1.54, 1.807) is 31.0 Å². The fourth-order valence-corrected chi connectivity index (χ4v) is 2.49. The molecule has 1 heterocycles. The van der Waals surface area contributed by atoms with Gasteiger partial charge in [0.2, 0.25) is 5.91 Å². The average molecular weight is 352 g/mol. The number of aromatic nitrogens is 1. The molecular formula is C18H32N4O3. The van der Waals surface area contributed by atoms with Gasteiger partial charge in [0.15, 0.2) is 0 Å². The molecule has 1 aromatic heterocycles. The summed E-state index contributed by atoms with van der Waals surface area (Å²) in [6.45, 7) is 4.21. The Balaban J connectivity index is 2.82. The lowest BCUT2D eigenvalue weighted by atomic mass is 10.3. The maximum atomic E-state index is 12.8. The van der Waals surface area contributed by atoms with Gasteiger partial charge in [0.25, 0.3) is 0 Å². The first kappa shape index (κ1) is 21.0. The fourth-order valence-electron chi connectivity index (χ4n) is 2.49. The van der Waals surface area contributed by atoms with Crippen molar-refractivity contribution in [1.82, 2.24) is 19.3 Å². The maximum Gasteiger partial charge on any atom is 0.319 e. The van der Waals surface area contributed by atoms with E-state index in [4.69, 9.17) is 4.74 Å². The van der Waals surface area contributed by atoms with Gasteiger partial charge < -0.3 is 24.0 Å². The van der Waals surface area contributed by atoms with Gasteiger partial charge in [0, 0.05) is 53.2 Å². The topological polar surface area (TPSA) is 58.0 Å². The Hall–Kier alpha value is -2.02. The third kappa shape index (κ3) is 6.78. The molecule has 0 aliphatic heterocycles. The highest BCUT2D eigenvalue weighted by Gasteiger charge is 2.22. The molecule has 142 valence electrons. The fraction of sp³-hybridized carbons (Fsp3) is 0.667. The normalized spacial score (nSPS) is 10.6. The first-order valence-electron chi connectivity index (χ1n) is 8.73. The minimum atomic E-state index is -0.132. The lowest BCUT2D eigenvalue weighted by Gasteiger charge is -2.29. The van der Waals surface area contributed by atoms with Crippen molar-refractivity contribution in [3.63, 3.8) is 0 Å². The lowest BCUT2D eigenvalue weighted by molar-refractivity contribution is -0.133. The summed E-state index contributed by atoms with van der Waals surface area (Å²) in [5.74, 6) is -0.0652. The minimum absolute atomic E-state index is 0.0652. The number of hydrogen-bond acceptors (Lipinski definition) is 3. The molecule has 0 saturated heterocycles. The molecule has 0 aliphatic rings. The molecular weight excluding hydrogens is 320 g/mol. The summed E-state index contributed by atoms with van der Waals surface area (Å²) >= 11 is 0. The van der Waals surface area contributed by atoms with Crippen LogP contribution in [0.3, 0.4) is 0 Å². The molecule has 0 radical (unpaired) electrons. The number of rotatable bonds is 10. The van der Waals surface area contributed by atoms with Crippen LogP contribution in [0.25, 0.3) is 0 Å². The zero-order chi connectivity index (χ0) is 18.8. The Morgan fingerprint density at radius 3 is 2.44 bits per heavy atom. The minimum Gasteiger partial charge on any atom is -0.383 e. The van der Waals surface area contributed by atoms with Crippen molar-refractivity contribution in [3.8, 4) is 0 Å². The number of methoxy groups -OCH3 is 1. The van der Waals surface area contributed by atoms with E-state index in [0.29, 0.717) is 26.2 Å². The zero-order valence-corrected chi connectivity index (χ0v) is 16.2. The first-order valence-corrected chi connectivity index (χ1v) is 8.73. The van der Waals surface area contributed by atoms with E-state index in [-0.39, 0.29) is 18.5 Å². The van der Waals surface area contributed by atoms with E-state index < -0.39 is 0 Å². The van der Waals surface area contributed by atoms with Crippen LogP contribution in [-0.2, 0) is 23.1 Å². The zero-order valence-electron chi connectivity index (χ0n) is 16.2. The number of ether oxygens (including phenoxy) is 1. The van der Waals surface area contributed by atoms with E-state index >= 15 is 0 Å². The molecule has 0 saturated carbocycles. The van der Waals surface area contributed by atoms with Crippen LogP contribution in [0.4, 0.5) is 4.79 Å². The van der Waals surface area contributed by atoms with Crippen molar-refractivity contribution in [1.29, 1.82) is 0 Å². The molecule has 0 unspecified atom stereocenters. The summed E-state index contributed by atoms with van der Waals surface area (Å²) < 4.78 is 7.13. The number of carbonyl (C=O) groups is 2. The number of aryl methyl sites for hydroxylation is 1. The highest BCUT2D eigenvalue weighted by Crippen LogP contribution is 2.08. The van der Waals surface area contributed by atoms with Crippen molar-refractivity contribution >= 4 is 11.9 Å². The van der Waals surface area contributed by atoms with Crippen LogP contribution < -0.4 is 0 Å². The third-order valence-electron chi connectivity index (χ3n) is 4.08. The molecule has 3 amide bonds. The van der Waals surface area contributed by atoms with Crippen LogP contribution in [-0.4, -0.2) is 78.7 Å². The van der Waals surface area contributed by atoms with Gasteiger partial charge in [-0.3, -0.25) is 4.79 Å². The second-order valence-electron chi connectivity index (χ2n) is 6.37. The average Bonchev–Trinajstić information content (AvgIpc) is 2.99. The third-order valence-corrected chi connectivity index (χ3v) is 4.08. The predicted molar refractivity (Wildman–Crippen MR) is 98.3 cm³/mol. The molecule has 0 aliphatic carbocycles. The molecule has 1 rings (SSSR count). The van der Waals surface area contributed by atoms with Crippen LogP contribution in [0, 0.1) is 0 Å². The standard InChI is InChI=1S/C18H32N4O3/c1-6-7-11-22(18(24)19(2)3)15-17(23)21(12-13-25-5)14-16-9-8-10-20(16)4/h8-10H,6-7,11-15H2,1-5H3. The summed E-state index contributed by atoms with van der Waals surface area (Å²) in [6, 6.07) is 3.82. The summed E-state index contributed by atoms with van der Waals surface area (Å²) in [5.41, 5.74) is 1.04. The Morgan fingerprint density at radius 2 is 1.92 bits per heavy atom. The van der Waals surface area contributed by atoms with Crippen LogP contribution in [0.1, 0.15) is 25.5 Å². The number of carbonyl (C=O) groups excluding carboxylic acids is 2. The van der Waals surface area contributed by atoms with Gasteiger partial charge in [-0.2, -0.15) is 0 Å². The maximum absolute atomic E-state index is 12.8. The second-order valence-corrected chi connectivity index (χ2v) is 6.37. The van der Waals surface area contributed by atoms with Crippen LogP contribution >= 0.6 is 0 Å². The molecule has 1 aromatic rings. The lowest BCUT2D eigenvalue weighted by Crippen LogP contribution is -2.47. The monoisotopic (exact) mass is 352 g/mol. The number of amides is 3. The summed E-state index contributed by atoms with van der Waals surface area (Å²) in [7, 11) is 6.99. The van der Waals surface area contributed by atoms with Gasteiger partial charge in [-0.1, -0.05) is 13.3 Å². The number of nitrogens with zero attached hydrogens (tertiary/aromatic N) is 4. The Morgan fingerprint density at radius 1 is 1.20 bits per heavy atom. The summed E-state index contributed by atoms with van der Waals surface area (Å²) in [6.07, 6.45) is 3.81. The van der Waals surface area contributed by atoms with Crippen molar-refractivity contribution < 1.29 is 14.3 Å². The first-order chi connectivity index (χ1) is 11.9. The number of urea groups is 1. The molecule has 7 nitrogen and oxygen atoms in total. The SMILES string of the molecule is CCCCN(CC(=O)N(CCOC)Cc1cccn1C)C(=O)N(C)C. The van der Waals surface area contributed by atoms with Gasteiger partial charge in [-0.15, -0.1) is 0 Å². The Labute approximate surface area is 151 Å². The van der Waals surface area contributed by atoms with Crippen LogP contribution in [0.5, 0.6) is 0 Å². The van der Waals surface area contributed by atoms with Gasteiger partial charge in [0.05, 0.1) is 13.2 Å². The van der Waals surface area contributed by atoms with Gasteiger partial charge >= 0.3 is 6.03 Å². The van der Waals surface area contributed by atoms with Crippen molar-refractivity contribution in [2.24, 2.45) is 7.05 Å². The van der Waals surface area contributed by atoms with Crippen molar-refractivity contribution in [2.75, 3.05) is 47.4 Å². The largest absolute Gasteiger partial charge is 0.383 e. The summed E-state index contributed by atoms with van der Waals surface area (Å²) in [4.78, 5) is 30.1. The van der Waals surface area contributed by atoms with Crippen LogP contribution in [0.15, 0.2) is 18.3 Å². The van der Waals surface area contributed by atoms with E-state index in [2.05, 4.69) is 6.92 Å². The molecule has 0 atom stereocenters. The number of unbranched alkanes of at least 4 members (excludes halogenated alkanes) is 1. The highest BCUT2D eigenvalue weighted by atomic mass is 16.5. The van der Waals surface area contributed by atoms with E-state index in [1.165, 1.54) is 4.90 Å². The predicted octanol–water partition coefficient (Wildman–Crippen LogP) is 1.78. The van der Waals surface area contributed by atoms with Gasteiger partial charge in [-0.05, 0) is 18.6 Å². The molecule has 0 spiro atoms. The molecule has 0 N–H and O–H groups in total. The van der Waals surface area contributed by atoms with Crippen molar-refractivity contribution in [3.05, 3.63) is 24.0 Å². The summed E-state index contributed by atoms with van der Waals surface area (Å²) in [5, 5.41) is 0. The van der Waals surface area contributed by atoms with E-state index in [9.17, 15) is 9.59 Å².